The highest BCUT2D eigenvalue weighted by molar-refractivity contribution is 9.09. The molecule has 3 aromatic carbocycles. The number of hydrogen-bond donors (Lipinski definition) is 1. The second-order valence-electron chi connectivity index (χ2n) is 13.2. The Hall–Kier alpha value is -3.00. The highest BCUT2D eigenvalue weighted by Crippen LogP contribution is 2.31. The van der Waals surface area contributed by atoms with Crippen molar-refractivity contribution in [2.45, 2.75) is 91.1 Å². The van der Waals surface area contributed by atoms with Crippen molar-refractivity contribution in [1.29, 1.82) is 0 Å². The number of aromatic nitrogens is 2. The normalized spacial score (nSPS) is 12.1. The number of carbonyl (C=O) groups excluding carboxylic acids is 1. The summed E-state index contributed by atoms with van der Waals surface area (Å²) >= 11 is 9.90. The first-order chi connectivity index (χ1) is 23.3. The first-order valence-corrected chi connectivity index (χ1v) is 19.2. The first-order valence-electron chi connectivity index (χ1n) is 17.7. The van der Waals surface area contributed by atoms with E-state index in [1.807, 2.05) is 66.4 Å². The Morgan fingerprint density at radius 3 is 2.19 bits per heavy atom. The van der Waals surface area contributed by atoms with E-state index < -0.39 is 6.04 Å². The number of fused-ring (bicyclic) bond motifs is 1. The molecule has 6 nitrogen and oxygen atoms in total. The molecular formula is C40H52BrClN4O2. The van der Waals surface area contributed by atoms with Crippen LogP contribution in [-0.4, -0.2) is 45.3 Å². The minimum absolute atomic E-state index is 0.0163. The van der Waals surface area contributed by atoms with Crippen LogP contribution in [-0.2, 0) is 6.54 Å². The Morgan fingerprint density at radius 1 is 0.875 bits per heavy atom. The molecule has 258 valence electrons. The van der Waals surface area contributed by atoms with Crippen LogP contribution in [0.5, 0.6) is 0 Å². The summed E-state index contributed by atoms with van der Waals surface area (Å²) in [7, 11) is 0. The molecule has 0 radical (unpaired) electrons. The monoisotopic (exact) mass is 734 g/mol. The maximum atomic E-state index is 14.4. The molecule has 0 bridgehead atoms. The molecule has 1 amide bonds. The van der Waals surface area contributed by atoms with Crippen LogP contribution in [0.3, 0.4) is 0 Å². The van der Waals surface area contributed by atoms with Crippen LogP contribution in [0, 0.1) is 12.8 Å². The van der Waals surface area contributed by atoms with Crippen molar-refractivity contribution in [3.8, 4) is 0 Å². The molecule has 4 rings (SSSR count). The van der Waals surface area contributed by atoms with E-state index in [4.69, 9.17) is 16.6 Å². The minimum atomic E-state index is -0.437. The molecular weight excluding hydrogens is 684 g/mol. The first kappa shape index (κ1) is 37.8. The number of nitrogens with one attached hydrogen (secondary N) is 1. The number of carbonyl (C=O) groups is 1. The van der Waals surface area contributed by atoms with Crippen molar-refractivity contribution in [2.75, 3.05) is 25.0 Å². The Morgan fingerprint density at radius 2 is 1.52 bits per heavy atom. The van der Waals surface area contributed by atoms with Crippen molar-refractivity contribution in [3.05, 3.63) is 111 Å². The SMILES string of the molecule is Cc1ccc(C(=O)N(CCCNCCCCCCCCCCBr)C(c2nc3cc(Cl)ccc3c(=O)n2Cc2ccccc2)C(C)C)cc1. The lowest BCUT2D eigenvalue weighted by Gasteiger charge is -2.35. The van der Waals surface area contributed by atoms with Gasteiger partial charge in [-0.3, -0.25) is 14.2 Å². The largest absolute Gasteiger partial charge is 0.328 e. The van der Waals surface area contributed by atoms with Crippen LogP contribution in [0.2, 0.25) is 5.02 Å². The highest BCUT2D eigenvalue weighted by Gasteiger charge is 2.32. The van der Waals surface area contributed by atoms with Gasteiger partial charge in [0.2, 0.25) is 0 Å². The van der Waals surface area contributed by atoms with Gasteiger partial charge in [0.05, 0.1) is 23.5 Å². The lowest BCUT2D eigenvalue weighted by Crippen LogP contribution is -2.42. The molecule has 0 aliphatic heterocycles. The van der Waals surface area contributed by atoms with E-state index in [9.17, 15) is 9.59 Å². The molecule has 1 aromatic heterocycles. The molecule has 1 atom stereocenters. The maximum Gasteiger partial charge on any atom is 0.261 e. The molecule has 1 N–H and O–H groups in total. The number of halogens is 2. The third-order valence-corrected chi connectivity index (χ3v) is 9.71. The van der Waals surface area contributed by atoms with E-state index in [1.54, 1.807) is 22.8 Å². The van der Waals surface area contributed by atoms with E-state index in [0.29, 0.717) is 40.4 Å². The standard InChI is InChI=1S/C40H52BrClN4O2/c1-30(2)37(38-44-36-28-34(42)22-23-35(36)40(48)46(38)29-32-16-11-10-12-17-32)45(39(47)33-20-18-31(3)19-21-33)27-15-26-43-25-14-9-7-5-4-6-8-13-24-41/h10-12,16-23,28,30,37,43H,4-9,13-15,24-27,29H2,1-3H3. The Kier molecular flexibility index (Phi) is 15.6. The zero-order valence-corrected chi connectivity index (χ0v) is 31.2. The van der Waals surface area contributed by atoms with Gasteiger partial charge in [-0.25, -0.2) is 4.98 Å². The number of aryl methyl sites for hydroxylation is 1. The van der Waals surface area contributed by atoms with Crippen LogP contribution in [0.15, 0.2) is 77.6 Å². The predicted octanol–water partition coefficient (Wildman–Crippen LogP) is 9.74. The number of alkyl halides is 1. The summed E-state index contributed by atoms with van der Waals surface area (Å²) in [5, 5.41) is 5.75. The van der Waals surface area contributed by atoms with Crippen LogP contribution in [0.4, 0.5) is 0 Å². The fourth-order valence-electron chi connectivity index (χ4n) is 6.29. The number of unbranched alkanes of at least 4 members (excludes halogenated alkanes) is 7. The molecule has 4 aromatic rings. The second kappa shape index (κ2) is 19.9. The molecule has 1 unspecified atom stereocenters. The van der Waals surface area contributed by atoms with Crippen LogP contribution in [0.25, 0.3) is 10.9 Å². The zero-order valence-electron chi connectivity index (χ0n) is 28.9. The van der Waals surface area contributed by atoms with Gasteiger partial charge in [-0.05, 0) is 81.1 Å². The quantitative estimate of drug-likeness (QED) is 0.0725. The fraction of sp³-hybridized carbons (Fsp3) is 0.475. The smallest absolute Gasteiger partial charge is 0.261 e. The molecule has 48 heavy (non-hydrogen) atoms. The lowest BCUT2D eigenvalue weighted by atomic mass is 9.98. The molecule has 0 aliphatic rings. The van der Waals surface area contributed by atoms with Crippen molar-refractivity contribution >= 4 is 44.3 Å². The van der Waals surface area contributed by atoms with Gasteiger partial charge in [-0.2, -0.15) is 0 Å². The molecule has 0 saturated heterocycles. The zero-order chi connectivity index (χ0) is 34.3. The van der Waals surface area contributed by atoms with Crippen LogP contribution >= 0.6 is 27.5 Å². The average molecular weight is 736 g/mol. The van der Waals surface area contributed by atoms with Crippen molar-refractivity contribution < 1.29 is 4.79 Å². The molecule has 0 aliphatic carbocycles. The topological polar surface area (TPSA) is 67.2 Å². The van der Waals surface area contributed by atoms with E-state index in [-0.39, 0.29) is 17.4 Å². The summed E-state index contributed by atoms with van der Waals surface area (Å²) in [5.74, 6) is 0.503. The van der Waals surface area contributed by atoms with Gasteiger partial charge in [0.1, 0.15) is 5.82 Å². The Balaban J connectivity index is 1.56. The summed E-state index contributed by atoms with van der Waals surface area (Å²) in [6, 6.07) is 22.5. The number of benzene rings is 3. The van der Waals surface area contributed by atoms with E-state index in [0.717, 1.165) is 42.4 Å². The summed E-state index contributed by atoms with van der Waals surface area (Å²) in [5.41, 5.74) is 3.13. The van der Waals surface area contributed by atoms with E-state index in [2.05, 4.69) is 35.1 Å². The van der Waals surface area contributed by atoms with Gasteiger partial charge >= 0.3 is 0 Å². The maximum absolute atomic E-state index is 14.4. The van der Waals surface area contributed by atoms with Gasteiger partial charge in [0, 0.05) is 22.5 Å². The van der Waals surface area contributed by atoms with Gasteiger partial charge in [-0.15, -0.1) is 0 Å². The number of rotatable bonds is 20. The van der Waals surface area contributed by atoms with Gasteiger partial charge < -0.3 is 10.2 Å². The molecule has 1 heterocycles. The number of nitrogens with zero attached hydrogens (tertiary/aromatic N) is 3. The number of hydrogen-bond acceptors (Lipinski definition) is 4. The second-order valence-corrected chi connectivity index (χ2v) is 14.4. The summed E-state index contributed by atoms with van der Waals surface area (Å²) in [4.78, 5) is 35.5. The summed E-state index contributed by atoms with van der Waals surface area (Å²) in [6.07, 6.45) is 11.1. The highest BCUT2D eigenvalue weighted by atomic mass is 79.9. The molecule has 0 saturated carbocycles. The van der Waals surface area contributed by atoms with Crippen molar-refractivity contribution in [2.24, 2.45) is 5.92 Å². The third-order valence-electron chi connectivity index (χ3n) is 8.91. The predicted molar refractivity (Wildman–Crippen MR) is 205 cm³/mol. The van der Waals surface area contributed by atoms with Crippen molar-refractivity contribution in [1.82, 2.24) is 19.8 Å². The molecule has 0 fully saturated rings. The van der Waals surface area contributed by atoms with E-state index >= 15 is 0 Å². The third kappa shape index (κ3) is 11.0. The molecule has 0 spiro atoms. The van der Waals surface area contributed by atoms with E-state index in [1.165, 1.54) is 44.9 Å². The van der Waals surface area contributed by atoms with Gasteiger partial charge in [0.25, 0.3) is 11.5 Å². The summed E-state index contributed by atoms with van der Waals surface area (Å²) in [6.45, 7) is 8.90. The Bertz CT molecular complexity index is 1620. The average Bonchev–Trinajstić information content (AvgIpc) is 3.08. The summed E-state index contributed by atoms with van der Waals surface area (Å²) < 4.78 is 1.76. The lowest BCUT2D eigenvalue weighted by molar-refractivity contribution is 0.0601. The van der Waals surface area contributed by atoms with Crippen molar-refractivity contribution in [3.63, 3.8) is 0 Å². The Labute approximate surface area is 300 Å². The van der Waals surface area contributed by atoms with Crippen LogP contribution in [0.1, 0.15) is 105 Å². The minimum Gasteiger partial charge on any atom is -0.328 e. The van der Waals surface area contributed by atoms with Crippen LogP contribution < -0.4 is 10.9 Å². The molecule has 8 heteroatoms. The van der Waals surface area contributed by atoms with Gasteiger partial charge in [-0.1, -0.05) is 128 Å². The fourth-order valence-corrected chi connectivity index (χ4v) is 6.85. The van der Waals surface area contributed by atoms with Gasteiger partial charge in [0.15, 0.2) is 0 Å². The number of amides is 1.